The van der Waals surface area contributed by atoms with Gasteiger partial charge in [0.1, 0.15) is 5.82 Å². The standard InChI is InChI=1S/C17H26FN3O2.HI/c1-2-19-17(20-9-13-5-7-15(18)8-6-13)21-10-16(22)12-23-11-14-3-4-14;/h5-8,14,16,22H,2-4,9-12H2,1H3,(H2,19,20,21);1H. The summed E-state index contributed by atoms with van der Waals surface area (Å²) in [7, 11) is 0. The fourth-order valence-electron chi connectivity index (χ4n) is 2.03. The van der Waals surface area contributed by atoms with Crippen LogP contribution in [0.25, 0.3) is 0 Å². The van der Waals surface area contributed by atoms with Gasteiger partial charge in [0, 0.05) is 19.7 Å². The first-order valence-corrected chi connectivity index (χ1v) is 8.19. The van der Waals surface area contributed by atoms with Crippen LogP contribution >= 0.6 is 24.0 Å². The molecule has 1 fully saturated rings. The fraction of sp³-hybridized carbons (Fsp3) is 0.588. The molecule has 0 bridgehead atoms. The molecule has 1 aromatic rings. The largest absolute Gasteiger partial charge is 0.389 e. The van der Waals surface area contributed by atoms with E-state index >= 15 is 0 Å². The average molecular weight is 451 g/mol. The molecule has 1 saturated carbocycles. The molecule has 136 valence electrons. The van der Waals surface area contributed by atoms with Crippen molar-refractivity contribution in [2.75, 3.05) is 26.3 Å². The number of nitrogens with one attached hydrogen (secondary N) is 2. The molecule has 0 aliphatic heterocycles. The first kappa shape index (κ1) is 21.1. The molecule has 1 atom stereocenters. The molecule has 24 heavy (non-hydrogen) atoms. The molecule has 5 nitrogen and oxygen atoms in total. The lowest BCUT2D eigenvalue weighted by Crippen LogP contribution is -2.42. The average Bonchev–Trinajstić information content (AvgIpc) is 3.36. The summed E-state index contributed by atoms with van der Waals surface area (Å²) < 4.78 is 18.3. The van der Waals surface area contributed by atoms with Crippen LogP contribution in [0.5, 0.6) is 0 Å². The Labute approximate surface area is 160 Å². The van der Waals surface area contributed by atoms with Gasteiger partial charge in [-0.05, 0) is 43.4 Å². The number of guanidine groups is 1. The summed E-state index contributed by atoms with van der Waals surface area (Å²) >= 11 is 0. The molecule has 3 N–H and O–H groups in total. The van der Waals surface area contributed by atoms with Crippen molar-refractivity contribution in [3.63, 3.8) is 0 Å². The Morgan fingerprint density at radius 1 is 1.33 bits per heavy atom. The molecule has 1 aromatic carbocycles. The Morgan fingerprint density at radius 2 is 2.04 bits per heavy atom. The third-order valence-electron chi connectivity index (χ3n) is 3.54. The lowest BCUT2D eigenvalue weighted by molar-refractivity contribution is 0.0345. The van der Waals surface area contributed by atoms with Crippen LogP contribution in [0, 0.1) is 11.7 Å². The first-order valence-electron chi connectivity index (χ1n) is 8.19. The van der Waals surface area contributed by atoms with Crippen molar-refractivity contribution in [2.24, 2.45) is 10.9 Å². The van der Waals surface area contributed by atoms with Crippen LogP contribution in [-0.2, 0) is 11.3 Å². The zero-order valence-corrected chi connectivity index (χ0v) is 16.3. The Balaban J connectivity index is 0.00000288. The molecular weight excluding hydrogens is 424 g/mol. The van der Waals surface area contributed by atoms with E-state index in [4.69, 9.17) is 4.74 Å². The number of nitrogens with zero attached hydrogens (tertiary/aromatic N) is 1. The Hall–Kier alpha value is -0.930. The Bertz CT molecular complexity index is 495. The maximum atomic E-state index is 12.9. The van der Waals surface area contributed by atoms with Crippen LogP contribution in [0.4, 0.5) is 4.39 Å². The zero-order valence-electron chi connectivity index (χ0n) is 14.0. The number of aliphatic hydroxyl groups excluding tert-OH is 1. The number of ether oxygens (including phenoxy) is 1. The van der Waals surface area contributed by atoms with Crippen LogP contribution in [0.3, 0.4) is 0 Å². The molecule has 0 amide bonds. The molecule has 1 aliphatic carbocycles. The summed E-state index contributed by atoms with van der Waals surface area (Å²) in [5.41, 5.74) is 0.928. The summed E-state index contributed by atoms with van der Waals surface area (Å²) in [6.45, 7) is 4.61. The summed E-state index contributed by atoms with van der Waals surface area (Å²) in [5, 5.41) is 16.1. The number of rotatable bonds is 9. The first-order chi connectivity index (χ1) is 11.2. The number of benzene rings is 1. The van der Waals surface area contributed by atoms with Gasteiger partial charge in [-0.2, -0.15) is 0 Å². The van der Waals surface area contributed by atoms with Crippen molar-refractivity contribution in [1.29, 1.82) is 0 Å². The molecule has 1 unspecified atom stereocenters. The third kappa shape index (κ3) is 8.79. The van der Waals surface area contributed by atoms with Crippen molar-refractivity contribution in [3.8, 4) is 0 Å². The zero-order chi connectivity index (χ0) is 16.5. The molecule has 7 heteroatoms. The highest BCUT2D eigenvalue weighted by molar-refractivity contribution is 14.0. The van der Waals surface area contributed by atoms with Gasteiger partial charge in [-0.1, -0.05) is 12.1 Å². The van der Waals surface area contributed by atoms with Gasteiger partial charge in [-0.25, -0.2) is 9.38 Å². The van der Waals surface area contributed by atoms with Gasteiger partial charge in [-0.3, -0.25) is 0 Å². The van der Waals surface area contributed by atoms with Crippen LogP contribution in [0.2, 0.25) is 0 Å². The quantitative estimate of drug-likeness (QED) is 0.306. The summed E-state index contributed by atoms with van der Waals surface area (Å²) in [5.74, 6) is 1.07. The minimum absolute atomic E-state index is 0. The van der Waals surface area contributed by atoms with Gasteiger partial charge in [-0.15, -0.1) is 24.0 Å². The summed E-state index contributed by atoms with van der Waals surface area (Å²) in [6, 6.07) is 6.27. The van der Waals surface area contributed by atoms with Gasteiger partial charge in [0.2, 0.25) is 0 Å². The minimum atomic E-state index is -0.566. The van der Waals surface area contributed by atoms with Crippen LogP contribution in [0.1, 0.15) is 25.3 Å². The molecule has 0 saturated heterocycles. The predicted molar refractivity (Wildman–Crippen MR) is 104 cm³/mol. The molecule has 2 rings (SSSR count). The van der Waals surface area contributed by atoms with E-state index in [9.17, 15) is 9.50 Å². The highest BCUT2D eigenvalue weighted by Gasteiger charge is 2.21. The summed E-state index contributed by atoms with van der Waals surface area (Å²) in [6.07, 6.45) is 1.92. The number of hydrogen-bond donors (Lipinski definition) is 3. The van der Waals surface area contributed by atoms with Gasteiger partial charge in [0.15, 0.2) is 5.96 Å². The Morgan fingerprint density at radius 3 is 2.67 bits per heavy atom. The van der Waals surface area contributed by atoms with Gasteiger partial charge >= 0.3 is 0 Å². The molecule has 0 radical (unpaired) electrons. The van der Waals surface area contributed by atoms with Crippen LogP contribution < -0.4 is 10.6 Å². The van der Waals surface area contributed by atoms with E-state index in [0.717, 1.165) is 18.7 Å². The van der Waals surface area contributed by atoms with Crippen molar-refractivity contribution in [1.82, 2.24) is 10.6 Å². The molecule has 0 spiro atoms. The SMILES string of the molecule is CCNC(=NCc1ccc(F)cc1)NCC(O)COCC1CC1.I. The molecular formula is C17H27FIN3O2. The van der Waals surface area contributed by atoms with E-state index in [1.807, 2.05) is 6.92 Å². The van der Waals surface area contributed by atoms with Gasteiger partial charge in [0.25, 0.3) is 0 Å². The smallest absolute Gasteiger partial charge is 0.191 e. The maximum Gasteiger partial charge on any atom is 0.191 e. The molecule has 1 aliphatic rings. The lowest BCUT2D eigenvalue weighted by Gasteiger charge is -2.15. The van der Waals surface area contributed by atoms with Gasteiger partial charge in [0.05, 0.1) is 19.3 Å². The van der Waals surface area contributed by atoms with E-state index in [0.29, 0.717) is 31.6 Å². The number of hydrogen-bond acceptors (Lipinski definition) is 3. The van der Waals surface area contributed by atoms with E-state index in [-0.39, 0.29) is 29.8 Å². The second-order valence-corrected chi connectivity index (χ2v) is 5.84. The Kier molecular flexibility index (Phi) is 10.2. The third-order valence-corrected chi connectivity index (χ3v) is 3.54. The maximum absolute atomic E-state index is 12.9. The number of halogens is 2. The van der Waals surface area contributed by atoms with Gasteiger partial charge < -0.3 is 20.5 Å². The molecule has 0 heterocycles. The minimum Gasteiger partial charge on any atom is -0.389 e. The van der Waals surface area contributed by atoms with E-state index < -0.39 is 6.10 Å². The second-order valence-electron chi connectivity index (χ2n) is 5.84. The van der Waals surface area contributed by atoms with E-state index in [1.165, 1.54) is 25.0 Å². The van der Waals surface area contributed by atoms with Crippen molar-refractivity contribution >= 4 is 29.9 Å². The highest BCUT2D eigenvalue weighted by Crippen LogP contribution is 2.28. The lowest BCUT2D eigenvalue weighted by atomic mass is 10.2. The fourth-order valence-corrected chi connectivity index (χ4v) is 2.03. The van der Waals surface area contributed by atoms with Crippen molar-refractivity contribution < 1.29 is 14.2 Å². The van der Waals surface area contributed by atoms with Crippen molar-refractivity contribution in [3.05, 3.63) is 35.6 Å². The normalized spacial score (nSPS) is 15.5. The van der Waals surface area contributed by atoms with Crippen LogP contribution in [0.15, 0.2) is 29.3 Å². The number of aliphatic hydroxyl groups is 1. The van der Waals surface area contributed by atoms with E-state index in [1.54, 1.807) is 12.1 Å². The number of aliphatic imine (C=N–C) groups is 1. The van der Waals surface area contributed by atoms with Crippen molar-refractivity contribution in [2.45, 2.75) is 32.4 Å². The van der Waals surface area contributed by atoms with E-state index in [2.05, 4.69) is 15.6 Å². The monoisotopic (exact) mass is 451 g/mol. The second kappa shape index (κ2) is 11.6. The van der Waals surface area contributed by atoms with Crippen LogP contribution in [-0.4, -0.2) is 43.5 Å². The molecule has 0 aromatic heterocycles. The topological polar surface area (TPSA) is 65.9 Å². The summed E-state index contributed by atoms with van der Waals surface area (Å²) in [4.78, 5) is 4.42. The highest BCUT2D eigenvalue weighted by atomic mass is 127. The predicted octanol–water partition coefficient (Wildman–Crippen LogP) is 2.29.